The molecule has 1 rings (SSSR count). The van der Waals surface area contributed by atoms with E-state index in [4.69, 9.17) is 7.85 Å². The molecular formula is C5H3BBrN. The minimum atomic E-state index is 0.674. The van der Waals surface area contributed by atoms with Crippen LogP contribution in [0.15, 0.2) is 22.9 Å². The van der Waals surface area contributed by atoms with Gasteiger partial charge in [-0.05, 0) is 22.0 Å². The van der Waals surface area contributed by atoms with Gasteiger partial charge in [-0.2, -0.15) is 0 Å². The molecule has 0 unspecified atom stereocenters. The molecule has 0 spiro atoms. The van der Waals surface area contributed by atoms with Crippen LogP contribution in [-0.4, -0.2) is 12.8 Å². The van der Waals surface area contributed by atoms with Crippen molar-refractivity contribution in [1.29, 1.82) is 0 Å². The molecule has 0 amide bonds. The Hall–Kier alpha value is -0.305. The van der Waals surface area contributed by atoms with Gasteiger partial charge in [0.2, 0.25) is 0 Å². The lowest BCUT2D eigenvalue weighted by molar-refractivity contribution is 1.30. The summed E-state index contributed by atoms with van der Waals surface area (Å²) in [6, 6.07) is 3.58. The first-order valence-corrected chi connectivity index (χ1v) is 2.96. The summed E-state index contributed by atoms with van der Waals surface area (Å²) in [6.07, 6.45) is 1.68. The van der Waals surface area contributed by atoms with Crippen LogP contribution in [0.2, 0.25) is 0 Å². The van der Waals surface area contributed by atoms with Gasteiger partial charge in [-0.3, -0.25) is 4.98 Å². The molecular weight excluding hydrogens is 165 g/mol. The number of hydrogen-bond donors (Lipinski definition) is 0. The summed E-state index contributed by atoms with van der Waals surface area (Å²) in [5.41, 5.74) is 0.674. The lowest BCUT2D eigenvalue weighted by Gasteiger charge is -1.90. The SMILES string of the molecule is [B]c1cccnc1Br. The van der Waals surface area contributed by atoms with Gasteiger partial charge in [-0.1, -0.05) is 11.5 Å². The minimum absolute atomic E-state index is 0.674. The molecule has 0 aliphatic heterocycles. The van der Waals surface area contributed by atoms with Crippen LogP contribution in [0.3, 0.4) is 0 Å². The Balaban J connectivity index is 3.13. The fraction of sp³-hybridized carbons (Fsp3) is 0. The van der Waals surface area contributed by atoms with E-state index >= 15 is 0 Å². The van der Waals surface area contributed by atoms with E-state index < -0.39 is 0 Å². The highest BCUT2D eigenvalue weighted by Gasteiger charge is 1.87. The summed E-state index contributed by atoms with van der Waals surface area (Å²) < 4.78 is 0.708. The fourth-order valence-electron chi connectivity index (χ4n) is 0.398. The first-order valence-electron chi connectivity index (χ1n) is 2.16. The van der Waals surface area contributed by atoms with Crippen molar-refractivity contribution in [3.05, 3.63) is 22.9 Å². The molecule has 8 heavy (non-hydrogen) atoms. The van der Waals surface area contributed by atoms with Crippen molar-refractivity contribution in [2.45, 2.75) is 0 Å². The van der Waals surface area contributed by atoms with Crippen LogP contribution in [0.4, 0.5) is 0 Å². The summed E-state index contributed by atoms with van der Waals surface area (Å²) in [7, 11) is 5.41. The predicted octanol–water partition coefficient (Wildman–Crippen LogP) is 0.638. The van der Waals surface area contributed by atoms with Gasteiger partial charge in [0.25, 0.3) is 0 Å². The number of aromatic nitrogens is 1. The van der Waals surface area contributed by atoms with Gasteiger partial charge < -0.3 is 0 Å². The number of pyridine rings is 1. The normalized spacial score (nSPS) is 9.12. The van der Waals surface area contributed by atoms with E-state index in [2.05, 4.69) is 20.9 Å². The van der Waals surface area contributed by atoms with Crippen LogP contribution in [0.1, 0.15) is 0 Å². The third-order valence-electron chi connectivity index (χ3n) is 0.788. The zero-order valence-electron chi connectivity index (χ0n) is 4.13. The van der Waals surface area contributed by atoms with Crippen molar-refractivity contribution in [2.75, 3.05) is 0 Å². The van der Waals surface area contributed by atoms with E-state index in [0.717, 1.165) is 0 Å². The predicted molar refractivity (Wildman–Crippen MR) is 37.3 cm³/mol. The molecule has 1 nitrogen and oxygen atoms in total. The van der Waals surface area contributed by atoms with Crippen LogP contribution in [0.25, 0.3) is 0 Å². The second-order valence-electron chi connectivity index (χ2n) is 1.38. The summed E-state index contributed by atoms with van der Waals surface area (Å²) in [4.78, 5) is 3.87. The zero-order valence-corrected chi connectivity index (χ0v) is 5.72. The summed E-state index contributed by atoms with van der Waals surface area (Å²) in [5, 5.41) is 0. The van der Waals surface area contributed by atoms with Gasteiger partial charge >= 0.3 is 0 Å². The van der Waals surface area contributed by atoms with Crippen molar-refractivity contribution in [2.24, 2.45) is 0 Å². The largest absolute Gasteiger partial charge is 0.250 e. The second kappa shape index (κ2) is 2.31. The molecule has 38 valence electrons. The molecule has 0 bridgehead atoms. The molecule has 0 atom stereocenters. The van der Waals surface area contributed by atoms with Crippen molar-refractivity contribution in [3.63, 3.8) is 0 Å². The van der Waals surface area contributed by atoms with Crippen molar-refractivity contribution >= 4 is 29.2 Å². The molecule has 0 saturated heterocycles. The zero-order chi connectivity index (χ0) is 5.98. The van der Waals surface area contributed by atoms with E-state index in [0.29, 0.717) is 10.1 Å². The van der Waals surface area contributed by atoms with Crippen LogP contribution in [0, 0.1) is 0 Å². The van der Waals surface area contributed by atoms with E-state index in [1.165, 1.54) is 0 Å². The standard InChI is InChI=1S/C5H3BBrN/c6-4-2-1-3-8-5(4)7/h1-3H. The third kappa shape index (κ3) is 1.10. The van der Waals surface area contributed by atoms with Gasteiger partial charge in [0, 0.05) is 6.20 Å². The van der Waals surface area contributed by atoms with Gasteiger partial charge in [0.1, 0.15) is 7.85 Å². The molecule has 0 aromatic carbocycles. The van der Waals surface area contributed by atoms with Crippen molar-refractivity contribution in [1.82, 2.24) is 4.98 Å². The van der Waals surface area contributed by atoms with Crippen LogP contribution in [0.5, 0.6) is 0 Å². The Bertz CT molecular complexity index is 169. The van der Waals surface area contributed by atoms with Crippen molar-refractivity contribution < 1.29 is 0 Å². The third-order valence-corrected chi connectivity index (χ3v) is 1.45. The number of halogens is 1. The van der Waals surface area contributed by atoms with E-state index in [-0.39, 0.29) is 0 Å². The Morgan fingerprint density at radius 2 is 2.38 bits per heavy atom. The average Bonchev–Trinajstić information content (AvgIpc) is 1.77. The smallest absolute Gasteiger partial charge is 0.117 e. The van der Waals surface area contributed by atoms with E-state index in [9.17, 15) is 0 Å². The molecule has 0 saturated carbocycles. The maximum Gasteiger partial charge on any atom is 0.117 e. The van der Waals surface area contributed by atoms with Crippen LogP contribution >= 0.6 is 15.9 Å². The highest BCUT2D eigenvalue weighted by molar-refractivity contribution is 9.10. The molecule has 1 aromatic rings. The molecule has 0 fully saturated rings. The van der Waals surface area contributed by atoms with Gasteiger partial charge in [0.15, 0.2) is 0 Å². The Morgan fingerprint density at radius 1 is 1.62 bits per heavy atom. The highest BCUT2D eigenvalue weighted by Crippen LogP contribution is 1.96. The lowest BCUT2D eigenvalue weighted by Crippen LogP contribution is -2.03. The van der Waals surface area contributed by atoms with Gasteiger partial charge in [0.05, 0.1) is 4.60 Å². The monoisotopic (exact) mass is 167 g/mol. The van der Waals surface area contributed by atoms with E-state index in [1.54, 1.807) is 18.3 Å². The first-order chi connectivity index (χ1) is 3.80. The molecule has 1 aromatic heterocycles. The number of nitrogens with zero attached hydrogens (tertiary/aromatic N) is 1. The topological polar surface area (TPSA) is 12.9 Å². The Morgan fingerprint density at radius 3 is 2.75 bits per heavy atom. The van der Waals surface area contributed by atoms with Gasteiger partial charge in [-0.25, -0.2) is 0 Å². The van der Waals surface area contributed by atoms with Crippen LogP contribution in [-0.2, 0) is 0 Å². The maximum absolute atomic E-state index is 5.41. The highest BCUT2D eigenvalue weighted by atomic mass is 79.9. The Labute approximate surface area is 57.7 Å². The molecule has 2 radical (unpaired) electrons. The molecule has 0 aliphatic rings. The number of hydrogen-bond acceptors (Lipinski definition) is 1. The molecule has 0 aliphatic carbocycles. The number of rotatable bonds is 0. The second-order valence-corrected chi connectivity index (χ2v) is 2.13. The summed E-state index contributed by atoms with van der Waals surface area (Å²) >= 11 is 3.16. The minimum Gasteiger partial charge on any atom is -0.250 e. The average molecular weight is 168 g/mol. The summed E-state index contributed by atoms with van der Waals surface area (Å²) in [5.74, 6) is 0. The fourth-order valence-corrected chi connectivity index (χ4v) is 0.649. The molecule has 3 heteroatoms. The maximum atomic E-state index is 5.41. The van der Waals surface area contributed by atoms with E-state index in [1.807, 2.05) is 0 Å². The lowest BCUT2D eigenvalue weighted by atomic mass is 9.99. The van der Waals surface area contributed by atoms with Gasteiger partial charge in [-0.15, -0.1) is 0 Å². The van der Waals surface area contributed by atoms with Crippen LogP contribution < -0.4 is 5.46 Å². The van der Waals surface area contributed by atoms with Crippen molar-refractivity contribution in [3.8, 4) is 0 Å². The first kappa shape index (κ1) is 5.82. The quantitative estimate of drug-likeness (QED) is 0.409. The Kier molecular flexibility index (Phi) is 1.68. The molecule has 1 heterocycles. The summed E-state index contributed by atoms with van der Waals surface area (Å²) in [6.45, 7) is 0. The molecule has 0 N–H and O–H groups in total.